The third-order valence-corrected chi connectivity index (χ3v) is 7.43. The molecule has 0 radical (unpaired) electrons. The Hall–Kier alpha value is -1.85. The topological polar surface area (TPSA) is 103 Å². The Balaban J connectivity index is 1.45. The van der Waals surface area contributed by atoms with E-state index < -0.39 is 36.1 Å². The number of rotatable bonds is 6. The molecule has 2 amide bonds. The first kappa shape index (κ1) is 26.8. The maximum absolute atomic E-state index is 12.7. The second kappa shape index (κ2) is 10.0. The minimum Gasteiger partial charge on any atom is -0.444 e. The Morgan fingerprint density at radius 3 is 2.38 bits per heavy atom. The van der Waals surface area contributed by atoms with Crippen LogP contribution in [0.15, 0.2) is 17.6 Å². The molecule has 0 aliphatic carbocycles. The third-order valence-electron chi connectivity index (χ3n) is 6.32. The lowest BCUT2D eigenvalue weighted by Gasteiger charge is -2.32. The van der Waals surface area contributed by atoms with Gasteiger partial charge in [0.2, 0.25) is 5.91 Å². The zero-order valence-corrected chi connectivity index (χ0v) is 22.3. The molecule has 188 valence electrons. The molecule has 0 unspecified atom stereocenters. The summed E-state index contributed by atoms with van der Waals surface area (Å²) in [5.74, 6) is 1.06. The maximum Gasteiger partial charge on any atom is 0.498 e. The van der Waals surface area contributed by atoms with Gasteiger partial charge >= 0.3 is 13.2 Å². The van der Waals surface area contributed by atoms with Gasteiger partial charge in [0.05, 0.1) is 11.2 Å². The molecule has 0 aromatic carbocycles. The zero-order valence-electron chi connectivity index (χ0n) is 21.5. The van der Waals surface area contributed by atoms with E-state index in [1.165, 1.54) is 0 Å². The SMILES string of the molecule is C[C@@H](NC(=O)OC(C)(C)C)C(=O)N1CC[C@@H](CSc2ncc(B3OC(C)(C)C(C)(C)O3)cn2)C1. The van der Waals surface area contributed by atoms with E-state index in [0.29, 0.717) is 24.2 Å². The quantitative estimate of drug-likeness (QED) is 0.367. The molecule has 1 aromatic heterocycles. The summed E-state index contributed by atoms with van der Waals surface area (Å²) in [6, 6.07) is -0.632. The lowest BCUT2D eigenvalue weighted by atomic mass is 9.81. The monoisotopic (exact) mass is 492 g/mol. The summed E-state index contributed by atoms with van der Waals surface area (Å²) in [5, 5.41) is 3.31. The van der Waals surface area contributed by atoms with Crippen molar-refractivity contribution in [1.82, 2.24) is 20.2 Å². The largest absolute Gasteiger partial charge is 0.498 e. The van der Waals surface area contributed by atoms with Crippen LogP contribution in [0.4, 0.5) is 4.79 Å². The van der Waals surface area contributed by atoms with E-state index in [4.69, 9.17) is 14.0 Å². The normalized spacial score (nSPS) is 22.5. The Morgan fingerprint density at radius 1 is 1.24 bits per heavy atom. The number of ether oxygens (including phenoxy) is 1. The Bertz CT molecular complexity index is 874. The van der Waals surface area contributed by atoms with Gasteiger partial charge in [-0.2, -0.15) is 0 Å². The Morgan fingerprint density at radius 2 is 1.82 bits per heavy atom. The summed E-state index contributed by atoms with van der Waals surface area (Å²) in [4.78, 5) is 35.4. The van der Waals surface area contributed by atoms with Crippen molar-refractivity contribution in [3.8, 4) is 0 Å². The molecule has 9 nitrogen and oxygen atoms in total. The maximum atomic E-state index is 12.7. The van der Waals surface area contributed by atoms with Gasteiger partial charge in [-0.05, 0) is 67.7 Å². The van der Waals surface area contributed by atoms with Crippen molar-refractivity contribution in [2.75, 3.05) is 18.8 Å². The van der Waals surface area contributed by atoms with Gasteiger partial charge in [-0.25, -0.2) is 14.8 Å². The van der Waals surface area contributed by atoms with Gasteiger partial charge in [0.25, 0.3) is 0 Å². The van der Waals surface area contributed by atoms with Crippen molar-refractivity contribution in [2.24, 2.45) is 5.92 Å². The number of nitrogens with zero attached hydrogens (tertiary/aromatic N) is 3. The van der Waals surface area contributed by atoms with Crippen molar-refractivity contribution in [1.29, 1.82) is 0 Å². The molecule has 0 spiro atoms. The van der Waals surface area contributed by atoms with Crippen LogP contribution in [-0.4, -0.2) is 75.7 Å². The van der Waals surface area contributed by atoms with Crippen LogP contribution >= 0.6 is 11.8 Å². The van der Waals surface area contributed by atoms with Crippen molar-refractivity contribution >= 4 is 36.3 Å². The molecule has 3 rings (SSSR count). The van der Waals surface area contributed by atoms with Gasteiger partial charge in [0, 0.05) is 36.7 Å². The number of hydrogen-bond acceptors (Lipinski definition) is 8. The van der Waals surface area contributed by atoms with Gasteiger partial charge in [0.15, 0.2) is 5.16 Å². The van der Waals surface area contributed by atoms with Crippen LogP contribution in [0, 0.1) is 5.92 Å². The number of thioether (sulfide) groups is 1. The van der Waals surface area contributed by atoms with E-state index in [-0.39, 0.29) is 5.91 Å². The summed E-state index contributed by atoms with van der Waals surface area (Å²) in [7, 11) is -0.477. The molecule has 2 fully saturated rings. The number of amides is 2. The molecule has 2 aliphatic rings. The highest BCUT2D eigenvalue weighted by Gasteiger charge is 2.52. The molecular formula is C23H37BN4O5S. The van der Waals surface area contributed by atoms with Crippen molar-refractivity contribution < 1.29 is 23.6 Å². The summed E-state index contributed by atoms with van der Waals surface area (Å²) in [6.45, 7) is 16.4. The number of likely N-dealkylation sites (tertiary alicyclic amines) is 1. The molecule has 11 heteroatoms. The third kappa shape index (κ3) is 6.63. The van der Waals surface area contributed by atoms with Crippen LogP contribution in [0.3, 0.4) is 0 Å². The van der Waals surface area contributed by atoms with Crippen LogP contribution in [0.25, 0.3) is 0 Å². The van der Waals surface area contributed by atoms with Crippen molar-refractivity contribution in [3.63, 3.8) is 0 Å². The van der Waals surface area contributed by atoms with Gasteiger partial charge in [-0.15, -0.1) is 0 Å². The van der Waals surface area contributed by atoms with Crippen LogP contribution in [0.5, 0.6) is 0 Å². The highest BCUT2D eigenvalue weighted by molar-refractivity contribution is 7.99. The highest BCUT2D eigenvalue weighted by atomic mass is 32.2. The summed E-state index contributed by atoms with van der Waals surface area (Å²) in [5.41, 5.74) is -0.617. The van der Waals surface area contributed by atoms with E-state index in [1.54, 1.807) is 56.8 Å². The zero-order chi connectivity index (χ0) is 25.3. The fourth-order valence-corrected chi connectivity index (χ4v) is 4.59. The molecule has 2 saturated heterocycles. The predicted molar refractivity (Wildman–Crippen MR) is 132 cm³/mol. The Kier molecular flexibility index (Phi) is 7.89. The Labute approximate surface area is 207 Å². The van der Waals surface area contributed by atoms with Crippen LogP contribution in [0.1, 0.15) is 61.8 Å². The number of carbonyl (C=O) groups excluding carboxylic acids is 2. The van der Waals surface area contributed by atoms with Gasteiger partial charge in [-0.3, -0.25) is 4.79 Å². The average Bonchev–Trinajstić information content (AvgIpc) is 3.26. The number of carbonyl (C=O) groups is 2. The molecule has 2 atom stereocenters. The molecule has 0 bridgehead atoms. The summed E-state index contributed by atoms with van der Waals surface area (Å²) >= 11 is 1.58. The molecule has 34 heavy (non-hydrogen) atoms. The van der Waals surface area contributed by atoms with E-state index in [0.717, 1.165) is 17.6 Å². The second-order valence-electron chi connectivity index (χ2n) is 11.0. The van der Waals surface area contributed by atoms with E-state index in [1.807, 2.05) is 27.7 Å². The average molecular weight is 492 g/mol. The summed E-state index contributed by atoms with van der Waals surface area (Å²) < 4.78 is 17.3. The molecular weight excluding hydrogens is 455 g/mol. The fraction of sp³-hybridized carbons (Fsp3) is 0.739. The van der Waals surface area contributed by atoms with Crippen LogP contribution < -0.4 is 10.8 Å². The standard InChI is InChI=1S/C23H37BN4O5S/c1-15(27-20(30)31-21(2,3)4)18(29)28-10-9-16(13-28)14-34-19-25-11-17(12-26-19)24-32-22(5,6)23(7,8)33-24/h11-12,15-16H,9-10,13-14H2,1-8H3,(H,27,30)/t15-,16-/m1/s1. The minimum absolute atomic E-state index is 0.0959. The van der Waals surface area contributed by atoms with Crippen LogP contribution in [-0.2, 0) is 18.8 Å². The first-order valence-corrected chi connectivity index (χ1v) is 12.7. The molecule has 1 N–H and O–H groups in total. The molecule has 0 saturated carbocycles. The summed E-state index contributed by atoms with van der Waals surface area (Å²) in [6.07, 6.45) is 3.84. The fourth-order valence-electron chi connectivity index (χ4n) is 3.68. The smallest absolute Gasteiger partial charge is 0.444 e. The van der Waals surface area contributed by atoms with Crippen molar-refractivity contribution in [3.05, 3.63) is 12.4 Å². The van der Waals surface area contributed by atoms with Crippen molar-refractivity contribution in [2.45, 2.75) is 89.8 Å². The minimum atomic E-state index is -0.632. The van der Waals surface area contributed by atoms with E-state index >= 15 is 0 Å². The lowest BCUT2D eigenvalue weighted by Crippen LogP contribution is -2.47. The van der Waals surface area contributed by atoms with E-state index in [2.05, 4.69) is 15.3 Å². The second-order valence-corrected chi connectivity index (χ2v) is 12.0. The van der Waals surface area contributed by atoms with Gasteiger partial charge in [0.1, 0.15) is 11.6 Å². The first-order valence-electron chi connectivity index (χ1n) is 11.8. The molecule has 1 aromatic rings. The predicted octanol–water partition coefficient (Wildman–Crippen LogP) is 2.63. The first-order chi connectivity index (χ1) is 15.7. The number of hydrogen-bond donors (Lipinski definition) is 1. The molecule has 3 heterocycles. The van der Waals surface area contributed by atoms with Gasteiger partial charge in [-0.1, -0.05) is 11.8 Å². The number of nitrogens with one attached hydrogen (secondary N) is 1. The van der Waals surface area contributed by atoms with E-state index in [9.17, 15) is 9.59 Å². The van der Waals surface area contributed by atoms with Crippen LogP contribution in [0.2, 0.25) is 0 Å². The molecule has 2 aliphatic heterocycles. The number of alkyl carbamates (subject to hydrolysis) is 1. The lowest BCUT2D eigenvalue weighted by molar-refractivity contribution is -0.132. The highest BCUT2D eigenvalue weighted by Crippen LogP contribution is 2.36. The van der Waals surface area contributed by atoms with Gasteiger partial charge < -0.3 is 24.3 Å². The number of aromatic nitrogens is 2.